The summed E-state index contributed by atoms with van der Waals surface area (Å²) in [4.78, 5) is 25.4. The Morgan fingerprint density at radius 3 is 2.54 bits per heavy atom. The summed E-state index contributed by atoms with van der Waals surface area (Å²) >= 11 is 0. The summed E-state index contributed by atoms with van der Waals surface area (Å²) in [5.41, 5.74) is 1.82. The van der Waals surface area contributed by atoms with E-state index in [9.17, 15) is 14.7 Å². The van der Waals surface area contributed by atoms with Gasteiger partial charge in [0.05, 0.1) is 5.92 Å². The van der Waals surface area contributed by atoms with Gasteiger partial charge in [-0.3, -0.25) is 4.79 Å². The normalized spacial score (nSPS) is 20.1. The van der Waals surface area contributed by atoms with Crippen LogP contribution in [-0.4, -0.2) is 39.7 Å². The molecule has 6 heteroatoms. The Kier molecular flexibility index (Phi) is 4.55. The van der Waals surface area contributed by atoms with Gasteiger partial charge in [-0.1, -0.05) is 30.3 Å². The monoisotopic (exact) mass is 328 g/mol. The highest BCUT2D eigenvalue weighted by atomic mass is 16.6. The average Bonchev–Trinajstić information content (AvgIpc) is 3.19. The van der Waals surface area contributed by atoms with Crippen molar-refractivity contribution >= 4 is 12.1 Å². The minimum absolute atomic E-state index is 0.165. The Hall–Kier alpha value is -2.76. The van der Waals surface area contributed by atoms with Crippen molar-refractivity contribution in [1.82, 2.24) is 9.47 Å². The zero-order chi connectivity index (χ0) is 17.1. The molecular weight excluding hydrogens is 308 g/mol. The molecule has 1 saturated heterocycles. The molecule has 6 nitrogen and oxygen atoms in total. The molecule has 2 atom stereocenters. The average molecular weight is 328 g/mol. The number of carbonyl (C=O) groups is 2. The number of hydrogen-bond donors (Lipinski definition) is 1. The Morgan fingerprint density at radius 2 is 1.92 bits per heavy atom. The van der Waals surface area contributed by atoms with Gasteiger partial charge in [0.1, 0.15) is 6.61 Å². The first-order valence-electron chi connectivity index (χ1n) is 7.86. The lowest BCUT2D eigenvalue weighted by atomic mass is 9.93. The van der Waals surface area contributed by atoms with Gasteiger partial charge in [-0.25, -0.2) is 4.79 Å². The number of benzene rings is 1. The van der Waals surface area contributed by atoms with Crippen molar-refractivity contribution < 1.29 is 19.4 Å². The second-order valence-electron chi connectivity index (χ2n) is 6.04. The van der Waals surface area contributed by atoms with Gasteiger partial charge in [-0.15, -0.1) is 0 Å². The number of aliphatic carboxylic acids is 1. The van der Waals surface area contributed by atoms with E-state index in [0.717, 1.165) is 11.3 Å². The van der Waals surface area contributed by atoms with Gasteiger partial charge in [-0.2, -0.15) is 0 Å². The molecule has 1 amide bonds. The largest absolute Gasteiger partial charge is 0.481 e. The Balaban J connectivity index is 1.67. The van der Waals surface area contributed by atoms with Crippen LogP contribution in [0.5, 0.6) is 0 Å². The zero-order valence-corrected chi connectivity index (χ0v) is 13.5. The van der Waals surface area contributed by atoms with E-state index in [1.807, 2.05) is 60.3 Å². The highest BCUT2D eigenvalue weighted by molar-refractivity contribution is 5.75. The van der Waals surface area contributed by atoms with E-state index < -0.39 is 18.0 Å². The van der Waals surface area contributed by atoms with Gasteiger partial charge in [0.2, 0.25) is 0 Å². The fourth-order valence-corrected chi connectivity index (χ4v) is 3.17. The number of rotatable bonds is 4. The van der Waals surface area contributed by atoms with Gasteiger partial charge in [-0.05, 0) is 17.7 Å². The van der Waals surface area contributed by atoms with Gasteiger partial charge in [0.15, 0.2) is 0 Å². The van der Waals surface area contributed by atoms with E-state index in [1.165, 1.54) is 4.90 Å². The maximum Gasteiger partial charge on any atom is 0.410 e. The number of carboxylic acids is 1. The standard InChI is InChI=1S/C18H20N2O4/c1-19-9-5-8-16(19)14-10-20(11-15(14)17(21)22)18(23)24-12-13-6-3-2-4-7-13/h2-9,14-15H,10-12H2,1H3,(H,21,22). The van der Waals surface area contributed by atoms with Crippen LogP contribution < -0.4 is 0 Å². The fourth-order valence-electron chi connectivity index (χ4n) is 3.17. The molecule has 1 aromatic heterocycles. The van der Waals surface area contributed by atoms with Crippen molar-refractivity contribution in [2.24, 2.45) is 13.0 Å². The molecule has 24 heavy (non-hydrogen) atoms. The highest BCUT2D eigenvalue weighted by Gasteiger charge is 2.42. The van der Waals surface area contributed by atoms with Crippen LogP contribution in [0.15, 0.2) is 48.7 Å². The van der Waals surface area contributed by atoms with Crippen molar-refractivity contribution in [2.75, 3.05) is 13.1 Å². The minimum atomic E-state index is -0.889. The first-order valence-corrected chi connectivity index (χ1v) is 7.86. The molecule has 0 aliphatic carbocycles. The van der Waals surface area contributed by atoms with Crippen LogP contribution in [0.4, 0.5) is 4.79 Å². The van der Waals surface area contributed by atoms with E-state index in [1.54, 1.807) is 0 Å². The molecule has 1 aromatic carbocycles. The third kappa shape index (κ3) is 3.27. The number of aryl methyl sites for hydroxylation is 1. The number of carboxylic acid groups (broad SMARTS) is 1. The minimum Gasteiger partial charge on any atom is -0.481 e. The van der Waals surface area contributed by atoms with Gasteiger partial charge >= 0.3 is 12.1 Å². The van der Waals surface area contributed by atoms with Crippen LogP contribution >= 0.6 is 0 Å². The topological polar surface area (TPSA) is 71.8 Å². The molecule has 3 rings (SSSR count). The van der Waals surface area contributed by atoms with Crippen molar-refractivity contribution in [1.29, 1.82) is 0 Å². The van der Waals surface area contributed by atoms with Crippen LogP contribution in [0.2, 0.25) is 0 Å². The second kappa shape index (κ2) is 6.78. The lowest BCUT2D eigenvalue weighted by Gasteiger charge is -2.17. The van der Waals surface area contributed by atoms with E-state index in [2.05, 4.69) is 0 Å². The molecule has 1 aliphatic heterocycles. The third-order valence-corrected chi connectivity index (χ3v) is 4.46. The maximum atomic E-state index is 12.3. The molecular formula is C18H20N2O4. The smallest absolute Gasteiger partial charge is 0.410 e. The lowest BCUT2D eigenvalue weighted by Crippen LogP contribution is -2.30. The van der Waals surface area contributed by atoms with Crippen molar-refractivity contribution in [2.45, 2.75) is 12.5 Å². The first kappa shape index (κ1) is 16.1. The third-order valence-electron chi connectivity index (χ3n) is 4.46. The molecule has 0 radical (unpaired) electrons. The summed E-state index contributed by atoms with van der Waals surface area (Å²) in [6, 6.07) is 13.2. The Labute approximate surface area is 140 Å². The van der Waals surface area contributed by atoms with E-state index >= 15 is 0 Å². The number of carbonyl (C=O) groups excluding carboxylic acids is 1. The SMILES string of the molecule is Cn1cccc1C1CN(C(=O)OCc2ccccc2)CC1C(=O)O. The number of nitrogens with zero attached hydrogens (tertiary/aromatic N) is 2. The summed E-state index contributed by atoms with van der Waals surface area (Å²) < 4.78 is 7.23. The Bertz CT molecular complexity index is 726. The van der Waals surface area contributed by atoms with Crippen LogP contribution in [-0.2, 0) is 23.2 Å². The summed E-state index contributed by atoms with van der Waals surface area (Å²) in [5, 5.41) is 9.49. The number of ether oxygens (including phenoxy) is 1. The zero-order valence-electron chi connectivity index (χ0n) is 13.5. The van der Waals surface area contributed by atoms with E-state index in [0.29, 0.717) is 6.54 Å². The van der Waals surface area contributed by atoms with E-state index in [-0.39, 0.29) is 19.1 Å². The van der Waals surface area contributed by atoms with Crippen molar-refractivity contribution in [3.8, 4) is 0 Å². The molecule has 2 unspecified atom stereocenters. The van der Waals surface area contributed by atoms with Crippen LogP contribution in [0.3, 0.4) is 0 Å². The van der Waals surface area contributed by atoms with Crippen molar-refractivity contribution in [3.05, 3.63) is 59.9 Å². The van der Waals surface area contributed by atoms with Crippen LogP contribution in [0, 0.1) is 5.92 Å². The molecule has 1 aliphatic rings. The molecule has 0 spiro atoms. The Morgan fingerprint density at radius 1 is 1.17 bits per heavy atom. The van der Waals surface area contributed by atoms with Gasteiger partial charge in [0.25, 0.3) is 0 Å². The van der Waals surface area contributed by atoms with Crippen LogP contribution in [0.25, 0.3) is 0 Å². The second-order valence-corrected chi connectivity index (χ2v) is 6.04. The predicted octanol–water partition coefficient (Wildman–Crippen LogP) is 2.46. The van der Waals surface area contributed by atoms with Crippen LogP contribution in [0.1, 0.15) is 17.2 Å². The number of hydrogen-bond acceptors (Lipinski definition) is 3. The quantitative estimate of drug-likeness (QED) is 0.936. The summed E-state index contributed by atoms with van der Waals surface area (Å²) in [6.07, 6.45) is 1.41. The predicted molar refractivity (Wildman–Crippen MR) is 87.5 cm³/mol. The van der Waals surface area contributed by atoms with Crippen molar-refractivity contribution in [3.63, 3.8) is 0 Å². The van der Waals surface area contributed by atoms with E-state index in [4.69, 9.17) is 4.74 Å². The molecule has 2 heterocycles. The number of aromatic nitrogens is 1. The highest BCUT2D eigenvalue weighted by Crippen LogP contribution is 2.33. The number of amides is 1. The molecule has 1 fully saturated rings. The summed E-state index contributed by atoms with van der Waals surface area (Å²) in [5.74, 6) is -1.74. The van der Waals surface area contributed by atoms with Gasteiger partial charge < -0.3 is 19.3 Å². The molecule has 2 aromatic rings. The summed E-state index contributed by atoms with van der Waals surface area (Å²) in [7, 11) is 1.88. The first-order chi connectivity index (χ1) is 11.6. The lowest BCUT2D eigenvalue weighted by molar-refractivity contribution is -0.141. The molecule has 0 bridgehead atoms. The maximum absolute atomic E-state index is 12.3. The molecule has 1 N–H and O–H groups in total. The number of likely N-dealkylation sites (tertiary alicyclic amines) is 1. The fraction of sp³-hybridized carbons (Fsp3) is 0.333. The van der Waals surface area contributed by atoms with Gasteiger partial charge in [0, 0.05) is 37.9 Å². The molecule has 126 valence electrons. The summed E-state index contributed by atoms with van der Waals surface area (Å²) in [6.45, 7) is 0.698. The molecule has 0 saturated carbocycles.